The molecule has 1 unspecified atom stereocenters. The Hall–Kier alpha value is -4.76. The fourth-order valence-corrected chi connectivity index (χ4v) is 6.18. The fraction of sp³-hybridized carbons (Fsp3) is 0.324. The van der Waals surface area contributed by atoms with Gasteiger partial charge in [0, 0.05) is 25.8 Å². The summed E-state index contributed by atoms with van der Waals surface area (Å²) in [6.07, 6.45) is -1.46. The lowest BCUT2D eigenvalue weighted by atomic mass is 10.0. The van der Waals surface area contributed by atoms with Crippen LogP contribution in [-0.4, -0.2) is 54.3 Å². The molecule has 3 heterocycles. The number of hydrogen-bond acceptors (Lipinski definition) is 8. The monoisotopic (exact) mass is 698 g/mol. The van der Waals surface area contributed by atoms with Crippen molar-refractivity contribution in [2.24, 2.45) is 0 Å². The number of anilines is 2. The van der Waals surface area contributed by atoms with Crippen LogP contribution in [0.3, 0.4) is 0 Å². The van der Waals surface area contributed by atoms with E-state index in [1.807, 2.05) is 0 Å². The average Bonchev–Trinajstić information content (AvgIpc) is 3.51. The van der Waals surface area contributed by atoms with Gasteiger partial charge >= 0.3 is 6.18 Å². The van der Waals surface area contributed by atoms with Crippen molar-refractivity contribution in [3.05, 3.63) is 95.4 Å². The van der Waals surface area contributed by atoms with Gasteiger partial charge in [0.1, 0.15) is 12.4 Å². The molecule has 15 heteroatoms. The third kappa shape index (κ3) is 7.94. The SMILES string of the molecule is CN(c1ccccc1CNc1nc(-c2cc(F)c(OCc3ccccc3)cc2CC(F)(F)F)nc2c1cnn2C1CCCCO1)S(C)(=O)=O. The van der Waals surface area contributed by atoms with E-state index in [1.54, 1.807) is 59.3 Å². The van der Waals surface area contributed by atoms with Crippen LogP contribution in [0.2, 0.25) is 0 Å². The molecule has 3 aromatic carbocycles. The summed E-state index contributed by atoms with van der Waals surface area (Å²) >= 11 is 0. The molecule has 1 fully saturated rings. The molecular weight excluding hydrogens is 664 g/mol. The molecule has 0 bridgehead atoms. The number of alkyl halides is 3. The first-order valence-electron chi connectivity index (χ1n) is 15.6. The zero-order valence-electron chi connectivity index (χ0n) is 26.7. The van der Waals surface area contributed by atoms with E-state index in [0.29, 0.717) is 29.7 Å². The van der Waals surface area contributed by atoms with Gasteiger partial charge in [0.15, 0.2) is 29.3 Å². The number of ether oxygens (including phenoxy) is 2. The molecule has 1 atom stereocenters. The Labute approximate surface area is 280 Å². The smallest absolute Gasteiger partial charge is 0.393 e. The van der Waals surface area contributed by atoms with Crippen molar-refractivity contribution in [3.8, 4) is 17.1 Å². The molecule has 1 saturated heterocycles. The van der Waals surface area contributed by atoms with Gasteiger partial charge < -0.3 is 14.8 Å². The van der Waals surface area contributed by atoms with Crippen LogP contribution in [0.15, 0.2) is 72.9 Å². The highest BCUT2D eigenvalue weighted by atomic mass is 32.2. The van der Waals surface area contributed by atoms with Gasteiger partial charge in [0.25, 0.3) is 0 Å². The number of halogens is 4. The second kappa shape index (κ2) is 14.0. The number of fused-ring (bicyclic) bond motifs is 1. The molecule has 0 spiro atoms. The van der Waals surface area contributed by atoms with E-state index in [9.17, 15) is 21.6 Å². The number of nitrogens with zero attached hydrogens (tertiary/aromatic N) is 5. The van der Waals surface area contributed by atoms with Crippen LogP contribution in [0.4, 0.5) is 29.1 Å². The molecule has 1 N–H and O–H groups in total. The summed E-state index contributed by atoms with van der Waals surface area (Å²) in [6.45, 7) is 0.545. The number of para-hydroxylation sites is 1. The zero-order chi connectivity index (χ0) is 34.8. The maximum absolute atomic E-state index is 15.6. The van der Waals surface area contributed by atoms with Gasteiger partial charge in [0.05, 0.1) is 29.9 Å². The predicted octanol–water partition coefficient (Wildman–Crippen LogP) is 7.02. The molecule has 49 heavy (non-hydrogen) atoms. The van der Waals surface area contributed by atoms with Crippen LogP contribution in [0.1, 0.15) is 42.2 Å². The zero-order valence-corrected chi connectivity index (χ0v) is 27.6. The first-order chi connectivity index (χ1) is 23.4. The lowest BCUT2D eigenvalue weighted by Crippen LogP contribution is -2.26. The highest BCUT2D eigenvalue weighted by molar-refractivity contribution is 7.92. The normalized spacial score (nSPS) is 15.3. The summed E-state index contributed by atoms with van der Waals surface area (Å²) in [6, 6.07) is 17.7. The number of hydrogen-bond donors (Lipinski definition) is 1. The standard InChI is InChI=1S/C34H34F4N6O4S/c1-43(49(2,45)46)28-13-7-6-12-23(28)19-39-31-26-20-40-44(30-14-8-9-15-47-30)33(26)42-32(41-31)25-17-27(35)29(16-24(25)18-34(36,37)38)48-21-22-10-4-3-5-11-22/h3-7,10-13,16-17,20,30H,8-9,14-15,18-19,21H2,1-2H3,(H,39,41,42). The van der Waals surface area contributed by atoms with E-state index >= 15 is 4.39 Å². The highest BCUT2D eigenvalue weighted by Crippen LogP contribution is 2.36. The molecule has 6 rings (SSSR count). The van der Waals surface area contributed by atoms with Gasteiger partial charge in [0.2, 0.25) is 10.0 Å². The molecule has 2 aromatic heterocycles. The van der Waals surface area contributed by atoms with Crippen molar-refractivity contribution in [2.45, 2.75) is 51.2 Å². The third-order valence-corrected chi connectivity index (χ3v) is 9.38. The number of rotatable bonds is 11. The van der Waals surface area contributed by atoms with E-state index < -0.39 is 34.7 Å². The Morgan fingerprint density at radius 2 is 1.80 bits per heavy atom. The van der Waals surface area contributed by atoms with Crippen LogP contribution in [-0.2, 0) is 34.3 Å². The molecule has 0 amide bonds. The molecule has 5 aromatic rings. The summed E-state index contributed by atoms with van der Waals surface area (Å²) in [7, 11) is -2.14. The summed E-state index contributed by atoms with van der Waals surface area (Å²) in [5.41, 5.74) is 1.59. The third-order valence-electron chi connectivity index (χ3n) is 8.18. The van der Waals surface area contributed by atoms with Crippen LogP contribution in [0.25, 0.3) is 22.4 Å². The minimum atomic E-state index is -4.64. The van der Waals surface area contributed by atoms with E-state index in [1.165, 1.54) is 13.2 Å². The van der Waals surface area contributed by atoms with Gasteiger partial charge in [-0.3, -0.25) is 4.31 Å². The molecule has 1 aliphatic rings. The Bertz CT molecular complexity index is 2050. The van der Waals surface area contributed by atoms with E-state index in [0.717, 1.165) is 41.1 Å². The largest absolute Gasteiger partial charge is 0.486 e. The minimum absolute atomic E-state index is 0.0460. The van der Waals surface area contributed by atoms with Gasteiger partial charge in [-0.2, -0.15) is 18.3 Å². The molecule has 0 radical (unpaired) electrons. The Morgan fingerprint density at radius 3 is 2.51 bits per heavy atom. The van der Waals surface area contributed by atoms with Crippen molar-refractivity contribution in [3.63, 3.8) is 0 Å². The maximum Gasteiger partial charge on any atom is 0.393 e. The number of nitrogens with one attached hydrogen (secondary N) is 1. The average molecular weight is 699 g/mol. The number of benzene rings is 3. The van der Waals surface area contributed by atoms with Crippen LogP contribution in [0, 0.1) is 5.82 Å². The van der Waals surface area contributed by atoms with Gasteiger partial charge in [-0.15, -0.1) is 0 Å². The Balaban J connectivity index is 1.44. The lowest BCUT2D eigenvalue weighted by molar-refractivity contribution is -0.127. The van der Waals surface area contributed by atoms with Crippen LogP contribution in [0.5, 0.6) is 5.75 Å². The first-order valence-corrected chi connectivity index (χ1v) is 17.4. The van der Waals surface area contributed by atoms with Gasteiger partial charge in [-0.1, -0.05) is 48.5 Å². The lowest BCUT2D eigenvalue weighted by Gasteiger charge is -2.23. The fourth-order valence-electron chi connectivity index (χ4n) is 5.65. The van der Waals surface area contributed by atoms with Crippen molar-refractivity contribution in [2.75, 3.05) is 29.5 Å². The molecule has 1 aliphatic heterocycles. The highest BCUT2D eigenvalue weighted by Gasteiger charge is 2.31. The Kier molecular flexibility index (Phi) is 9.75. The molecule has 0 aliphatic carbocycles. The van der Waals surface area contributed by atoms with Gasteiger partial charge in [-0.25, -0.2) is 27.5 Å². The van der Waals surface area contributed by atoms with Crippen molar-refractivity contribution in [1.82, 2.24) is 19.7 Å². The number of sulfonamides is 1. The van der Waals surface area contributed by atoms with Crippen LogP contribution >= 0.6 is 0 Å². The molecule has 258 valence electrons. The van der Waals surface area contributed by atoms with Crippen molar-refractivity contribution >= 4 is 32.6 Å². The van der Waals surface area contributed by atoms with Gasteiger partial charge in [-0.05, 0) is 54.2 Å². The van der Waals surface area contributed by atoms with Crippen molar-refractivity contribution < 1.29 is 35.5 Å². The topological polar surface area (TPSA) is 111 Å². The van der Waals surface area contributed by atoms with Crippen molar-refractivity contribution in [1.29, 1.82) is 0 Å². The molecule has 0 saturated carbocycles. The molecule has 10 nitrogen and oxygen atoms in total. The van der Waals surface area contributed by atoms with E-state index in [2.05, 4.69) is 20.4 Å². The quantitative estimate of drug-likeness (QED) is 0.147. The summed E-state index contributed by atoms with van der Waals surface area (Å²) in [5, 5.41) is 8.15. The first kappa shape index (κ1) is 34.1. The minimum Gasteiger partial charge on any atom is -0.486 e. The summed E-state index contributed by atoms with van der Waals surface area (Å²) < 4.78 is 96.3. The predicted molar refractivity (Wildman–Crippen MR) is 177 cm³/mol. The number of aromatic nitrogens is 4. The maximum atomic E-state index is 15.6. The molecular formula is C34H34F4N6O4S. The summed E-state index contributed by atoms with van der Waals surface area (Å²) in [5.74, 6) is -1.17. The van der Waals surface area contributed by atoms with E-state index in [4.69, 9.17) is 9.47 Å². The van der Waals surface area contributed by atoms with Crippen LogP contribution < -0.4 is 14.4 Å². The van der Waals surface area contributed by atoms with E-state index in [-0.39, 0.29) is 47.3 Å². The Morgan fingerprint density at radius 1 is 1.04 bits per heavy atom. The second-order valence-corrected chi connectivity index (χ2v) is 13.8. The summed E-state index contributed by atoms with van der Waals surface area (Å²) in [4.78, 5) is 9.24. The second-order valence-electron chi connectivity index (χ2n) is 11.8.